The summed E-state index contributed by atoms with van der Waals surface area (Å²) in [6.45, 7) is 2.77. The van der Waals surface area contributed by atoms with Crippen molar-refractivity contribution in [3.05, 3.63) is 93.1 Å². The first-order chi connectivity index (χ1) is 15.5. The Labute approximate surface area is 183 Å². The van der Waals surface area contributed by atoms with E-state index in [4.69, 9.17) is 4.74 Å². The zero-order valence-electron chi connectivity index (χ0n) is 17.6. The van der Waals surface area contributed by atoms with Crippen LogP contribution < -0.4 is 11.2 Å². The Hall–Kier alpha value is -3.52. The molecule has 0 N–H and O–H groups in total. The van der Waals surface area contributed by atoms with Gasteiger partial charge < -0.3 is 9.30 Å². The summed E-state index contributed by atoms with van der Waals surface area (Å²) in [7, 11) is 0. The van der Waals surface area contributed by atoms with E-state index in [-0.39, 0.29) is 24.3 Å². The largest absolute Gasteiger partial charge is 0.376 e. The highest BCUT2D eigenvalue weighted by Gasteiger charge is 2.24. The predicted octanol–water partition coefficient (Wildman–Crippen LogP) is 3.28. The second-order valence-corrected chi connectivity index (χ2v) is 8.06. The molecule has 0 radical (unpaired) electrons. The van der Waals surface area contributed by atoms with Gasteiger partial charge in [0.2, 0.25) is 0 Å². The van der Waals surface area contributed by atoms with Crippen molar-refractivity contribution < 1.29 is 9.13 Å². The molecular weight excluding hydrogens is 411 g/mol. The highest BCUT2D eigenvalue weighted by molar-refractivity contribution is 5.72. The molecule has 1 saturated heterocycles. The van der Waals surface area contributed by atoms with Gasteiger partial charge in [-0.2, -0.15) is 0 Å². The van der Waals surface area contributed by atoms with Gasteiger partial charge >= 0.3 is 5.69 Å². The molecule has 2 atom stereocenters. The van der Waals surface area contributed by atoms with Gasteiger partial charge in [0.15, 0.2) is 11.2 Å². The lowest BCUT2D eigenvalue weighted by molar-refractivity contribution is 0.0950. The van der Waals surface area contributed by atoms with Crippen LogP contribution in [0.25, 0.3) is 16.9 Å². The van der Waals surface area contributed by atoms with Gasteiger partial charge in [-0.05, 0) is 49.6 Å². The minimum atomic E-state index is -0.512. The monoisotopic (exact) mass is 434 g/mol. The normalized spacial score (nSPS) is 17.1. The minimum Gasteiger partial charge on any atom is -0.376 e. The van der Waals surface area contributed by atoms with Gasteiger partial charge in [-0.3, -0.25) is 9.36 Å². The number of nitrogens with zero attached hydrogens (tertiary/aromatic N) is 4. The molecule has 7 nitrogen and oxygen atoms in total. The number of hydrogen-bond acceptors (Lipinski definition) is 4. The molecule has 8 heteroatoms. The van der Waals surface area contributed by atoms with E-state index in [2.05, 4.69) is 4.98 Å². The molecule has 1 fully saturated rings. The summed E-state index contributed by atoms with van der Waals surface area (Å²) < 4.78 is 23.6. The lowest BCUT2D eigenvalue weighted by Crippen LogP contribution is -2.42. The first-order valence-electron chi connectivity index (χ1n) is 10.7. The summed E-state index contributed by atoms with van der Waals surface area (Å²) in [6.07, 6.45) is 3.08. The Bertz CT molecular complexity index is 1370. The molecule has 32 heavy (non-hydrogen) atoms. The third-order valence-electron chi connectivity index (χ3n) is 6.05. The molecule has 3 heterocycles. The first kappa shape index (κ1) is 20.4. The van der Waals surface area contributed by atoms with Gasteiger partial charge in [0, 0.05) is 6.61 Å². The molecule has 0 saturated carbocycles. The molecule has 0 aliphatic carbocycles. The van der Waals surface area contributed by atoms with E-state index in [9.17, 15) is 14.0 Å². The molecule has 0 unspecified atom stereocenters. The number of benzene rings is 2. The van der Waals surface area contributed by atoms with E-state index in [0.717, 1.165) is 18.4 Å². The number of aromatic nitrogens is 4. The second-order valence-electron chi connectivity index (χ2n) is 8.06. The maximum absolute atomic E-state index is 13.6. The Morgan fingerprint density at radius 3 is 2.56 bits per heavy atom. The average molecular weight is 434 g/mol. The van der Waals surface area contributed by atoms with Gasteiger partial charge in [0.05, 0.1) is 30.7 Å². The van der Waals surface area contributed by atoms with Crippen LogP contribution in [0.4, 0.5) is 4.39 Å². The molecule has 2 aromatic heterocycles. The Morgan fingerprint density at radius 2 is 1.88 bits per heavy atom. The second kappa shape index (κ2) is 8.20. The van der Waals surface area contributed by atoms with Crippen molar-refractivity contribution in [1.29, 1.82) is 0 Å². The highest BCUT2D eigenvalue weighted by atomic mass is 19.1. The van der Waals surface area contributed by atoms with Gasteiger partial charge in [-0.1, -0.05) is 30.3 Å². The van der Waals surface area contributed by atoms with Crippen molar-refractivity contribution in [2.24, 2.45) is 0 Å². The fraction of sp³-hybridized carbons (Fsp3) is 0.292. The smallest absolute Gasteiger partial charge is 0.337 e. The van der Waals surface area contributed by atoms with Crippen molar-refractivity contribution in [1.82, 2.24) is 18.7 Å². The van der Waals surface area contributed by atoms with Crippen LogP contribution in [0.2, 0.25) is 0 Å². The molecule has 0 bridgehead atoms. The fourth-order valence-corrected chi connectivity index (χ4v) is 4.31. The number of ether oxygens (including phenoxy) is 1. The summed E-state index contributed by atoms with van der Waals surface area (Å²) in [5.41, 5.74) is 1.11. The van der Waals surface area contributed by atoms with Crippen LogP contribution >= 0.6 is 0 Å². The summed E-state index contributed by atoms with van der Waals surface area (Å²) in [5, 5.41) is 0. The van der Waals surface area contributed by atoms with Crippen molar-refractivity contribution >= 4 is 11.2 Å². The Kier molecular flexibility index (Phi) is 5.22. The minimum absolute atomic E-state index is 0.166. The van der Waals surface area contributed by atoms with E-state index in [1.165, 1.54) is 33.4 Å². The third-order valence-corrected chi connectivity index (χ3v) is 6.05. The van der Waals surface area contributed by atoms with Crippen LogP contribution in [0.3, 0.4) is 0 Å². The van der Waals surface area contributed by atoms with Crippen LogP contribution in [-0.4, -0.2) is 31.4 Å². The molecule has 1 aliphatic rings. The van der Waals surface area contributed by atoms with Crippen molar-refractivity contribution in [2.45, 2.75) is 38.5 Å². The number of hydrogen-bond donors (Lipinski definition) is 0. The number of halogens is 1. The Balaban J connectivity index is 1.76. The summed E-state index contributed by atoms with van der Waals surface area (Å²) >= 11 is 0. The van der Waals surface area contributed by atoms with E-state index < -0.39 is 17.1 Å². The lowest BCUT2D eigenvalue weighted by Gasteiger charge is -2.17. The topological polar surface area (TPSA) is 71.1 Å². The lowest BCUT2D eigenvalue weighted by atomic mass is 10.1. The van der Waals surface area contributed by atoms with Crippen LogP contribution in [0.1, 0.15) is 31.4 Å². The third kappa shape index (κ3) is 3.46. The molecular formula is C24H23FN4O3. The van der Waals surface area contributed by atoms with Crippen LogP contribution in [0, 0.1) is 5.82 Å². The molecule has 0 spiro atoms. The summed E-state index contributed by atoms with van der Waals surface area (Å²) in [5.74, 6) is -0.408. The molecule has 5 rings (SSSR count). The van der Waals surface area contributed by atoms with Gasteiger partial charge in [0.25, 0.3) is 5.56 Å². The van der Waals surface area contributed by atoms with Crippen LogP contribution in [0.5, 0.6) is 0 Å². The zero-order chi connectivity index (χ0) is 22.2. The van der Waals surface area contributed by atoms with E-state index in [1.807, 2.05) is 37.3 Å². The van der Waals surface area contributed by atoms with Crippen molar-refractivity contribution in [2.75, 3.05) is 6.61 Å². The van der Waals surface area contributed by atoms with Gasteiger partial charge in [-0.15, -0.1) is 0 Å². The maximum Gasteiger partial charge on any atom is 0.337 e. The van der Waals surface area contributed by atoms with Crippen LogP contribution in [0.15, 0.2) is 70.5 Å². The maximum atomic E-state index is 13.6. The molecule has 164 valence electrons. The zero-order valence-corrected chi connectivity index (χ0v) is 17.6. The van der Waals surface area contributed by atoms with E-state index in [0.29, 0.717) is 17.8 Å². The molecule has 1 aliphatic heterocycles. The summed E-state index contributed by atoms with van der Waals surface area (Å²) in [6, 6.07) is 15.2. The number of imidazole rings is 1. The predicted molar refractivity (Wildman–Crippen MR) is 119 cm³/mol. The van der Waals surface area contributed by atoms with Crippen LogP contribution in [-0.2, 0) is 11.3 Å². The summed E-state index contributed by atoms with van der Waals surface area (Å²) in [4.78, 5) is 31.5. The molecule has 2 aromatic carbocycles. The van der Waals surface area contributed by atoms with E-state index >= 15 is 0 Å². The van der Waals surface area contributed by atoms with E-state index in [1.54, 1.807) is 10.9 Å². The SMILES string of the molecule is C[C@@H](c1ccccc1)n1cnc2c1c(=O)n(C[C@@H]1CCCO1)c(=O)n2-c1ccc(F)cc1. The molecule has 4 aromatic rings. The highest BCUT2D eigenvalue weighted by Crippen LogP contribution is 2.22. The van der Waals surface area contributed by atoms with Gasteiger partial charge in [-0.25, -0.2) is 18.7 Å². The fourth-order valence-electron chi connectivity index (χ4n) is 4.31. The quantitative estimate of drug-likeness (QED) is 0.483. The van der Waals surface area contributed by atoms with Crippen molar-refractivity contribution in [3.8, 4) is 5.69 Å². The van der Waals surface area contributed by atoms with Gasteiger partial charge in [0.1, 0.15) is 5.82 Å². The average Bonchev–Trinajstić information content (AvgIpc) is 3.48. The number of rotatable bonds is 5. The molecule has 0 amide bonds. The Morgan fingerprint density at radius 1 is 1.12 bits per heavy atom. The number of fused-ring (bicyclic) bond motifs is 1. The standard InChI is InChI=1S/C24H23FN4O3/c1-16(17-6-3-2-4-7-17)28-15-26-22-21(28)23(30)27(14-20-8-5-13-32-20)24(31)29(22)19-11-9-18(25)10-12-19/h2-4,6-7,9-12,15-16,20H,5,8,13-14H2,1H3/t16-,20-/m0/s1. The van der Waals surface area contributed by atoms with Crippen molar-refractivity contribution in [3.63, 3.8) is 0 Å². The first-order valence-corrected chi connectivity index (χ1v) is 10.7.